The van der Waals surface area contributed by atoms with E-state index in [1.807, 2.05) is 0 Å². The van der Waals surface area contributed by atoms with Crippen LogP contribution in [-0.4, -0.2) is 44.3 Å². The molecule has 0 aliphatic heterocycles. The normalized spacial score (nSPS) is 10.8. The summed E-state index contributed by atoms with van der Waals surface area (Å²) in [4.78, 5) is 13.9. The van der Waals surface area contributed by atoms with Gasteiger partial charge >= 0.3 is 5.97 Å². The van der Waals surface area contributed by atoms with Gasteiger partial charge in [-0.25, -0.2) is 4.79 Å². The Labute approximate surface area is 117 Å². The van der Waals surface area contributed by atoms with Crippen LogP contribution in [0.25, 0.3) is 0 Å². The van der Waals surface area contributed by atoms with Crippen molar-refractivity contribution in [1.82, 2.24) is 4.37 Å². The molecule has 19 heavy (non-hydrogen) atoms. The highest BCUT2D eigenvalue weighted by Gasteiger charge is 2.24. The molecule has 1 heterocycles. The molecule has 6 nitrogen and oxygen atoms in total. The van der Waals surface area contributed by atoms with E-state index in [0.29, 0.717) is 24.6 Å². The number of nitrogens with two attached hydrogens (primary N) is 1. The summed E-state index contributed by atoms with van der Waals surface area (Å²) in [7, 11) is 2.99. The Bertz CT molecular complexity index is 420. The van der Waals surface area contributed by atoms with Crippen LogP contribution in [0.3, 0.4) is 0 Å². The number of methoxy groups -OCH3 is 2. The lowest BCUT2D eigenvalue weighted by atomic mass is 10.2. The topological polar surface area (TPSA) is 77.7 Å². The third kappa shape index (κ3) is 4.07. The highest BCUT2D eigenvalue weighted by molar-refractivity contribution is 7.11. The highest BCUT2D eigenvalue weighted by atomic mass is 32.1. The van der Waals surface area contributed by atoms with Crippen LogP contribution >= 0.6 is 11.5 Å². The third-order valence-corrected chi connectivity index (χ3v) is 3.45. The quantitative estimate of drug-likeness (QED) is 0.768. The lowest BCUT2D eigenvalue weighted by Crippen LogP contribution is -2.31. The van der Waals surface area contributed by atoms with E-state index in [9.17, 15) is 4.79 Å². The van der Waals surface area contributed by atoms with Crippen LogP contribution in [0.4, 0.5) is 10.8 Å². The van der Waals surface area contributed by atoms with Gasteiger partial charge in [-0.3, -0.25) is 0 Å². The molecule has 0 aliphatic rings. The van der Waals surface area contributed by atoms with E-state index >= 15 is 0 Å². The first kappa shape index (κ1) is 15.7. The molecule has 1 aromatic heterocycles. The van der Waals surface area contributed by atoms with Crippen molar-refractivity contribution in [3.8, 4) is 0 Å². The SMILES string of the molecule is COCCN(CC(C)C)c1snc(N)c1C(=O)OC. The Morgan fingerprint density at radius 3 is 2.68 bits per heavy atom. The molecule has 0 aromatic carbocycles. The molecule has 7 heteroatoms. The van der Waals surface area contributed by atoms with Gasteiger partial charge < -0.3 is 20.1 Å². The fraction of sp³-hybridized carbons (Fsp3) is 0.667. The molecule has 0 bridgehead atoms. The predicted molar refractivity (Wildman–Crippen MR) is 76.8 cm³/mol. The van der Waals surface area contributed by atoms with Crippen LogP contribution in [0.15, 0.2) is 0 Å². The van der Waals surface area contributed by atoms with Crippen LogP contribution in [0.1, 0.15) is 24.2 Å². The Hall–Kier alpha value is -1.34. The molecule has 0 radical (unpaired) electrons. The number of aromatic nitrogens is 1. The van der Waals surface area contributed by atoms with E-state index in [1.165, 1.54) is 18.6 Å². The standard InChI is InChI=1S/C12H21N3O3S/c1-8(2)7-15(5-6-17-3)11-9(12(16)18-4)10(13)14-19-11/h8H,5-7H2,1-4H3,(H2,13,14). The monoisotopic (exact) mass is 287 g/mol. The second-order valence-corrected chi connectivity index (χ2v) is 5.32. The van der Waals surface area contributed by atoms with Crippen molar-refractivity contribution in [3.63, 3.8) is 0 Å². The summed E-state index contributed by atoms with van der Waals surface area (Å²) in [5.41, 5.74) is 6.11. The number of esters is 1. The average Bonchev–Trinajstić information content (AvgIpc) is 2.75. The maximum Gasteiger partial charge on any atom is 0.344 e. The Kier molecular flexibility index (Phi) is 6.04. The van der Waals surface area contributed by atoms with E-state index < -0.39 is 5.97 Å². The number of rotatable bonds is 7. The molecular formula is C12H21N3O3S. The Morgan fingerprint density at radius 1 is 1.47 bits per heavy atom. The van der Waals surface area contributed by atoms with E-state index in [2.05, 4.69) is 23.1 Å². The van der Waals surface area contributed by atoms with E-state index in [0.717, 1.165) is 11.5 Å². The fourth-order valence-electron chi connectivity index (χ4n) is 1.72. The molecule has 0 saturated heterocycles. The number of nitrogen functional groups attached to an aromatic ring is 1. The minimum Gasteiger partial charge on any atom is -0.465 e. The second-order valence-electron chi connectivity index (χ2n) is 4.57. The molecule has 0 saturated carbocycles. The van der Waals surface area contributed by atoms with Crippen molar-refractivity contribution in [1.29, 1.82) is 0 Å². The smallest absolute Gasteiger partial charge is 0.344 e. The minimum atomic E-state index is -0.451. The van der Waals surface area contributed by atoms with Crippen LogP contribution in [-0.2, 0) is 9.47 Å². The minimum absolute atomic E-state index is 0.220. The highest BCUT2D eigenvalue weighted by Crippen LogP contribution is 2.31. The van der Waals surface area contributed by atoms with Gasteiger partial charge in [-0.1, -0.05) is 13.8 Å². The first-order valence-electron chi connectivity index (χ1n) is 6.08. The summed E-state index contributed by atoms with van der Waals surface area (Å²) in [6.45, 7) is 6.28. The maximum absolute atomic E-state index is 11.8. The van der Waals surface area contributed by atoms with Crippen LogP contribution in [0, 0.1) is 5.92 Å². The maximum atomic E-state index is 11.8. The van der Waals surface area contributed by atoms with Crippen LogP contribution in [0.5, 0.6) is 0 Å². The number of ether oxygens (including phenoxy) is 2. The van der Waals surface area contributed by atoms with Gasteiger partial charge in [-0.05, 0) is 17.5 Å². The van der Waals surface area contributed by atoms with Gasteiger partial charge in [-0.2, -0.15) is 4.37 Å². The zero-order chi connectivity index (χ0) is 14.4. The van der Waals surface area contributed by atoms with Crippen molar-refractivity contribution in [2.45, 2.75) is 13.8 Å². The Morgan fingerprint density at radius 2 is 2.16 bits per heavy atom. The van der Waals surface area contributed by atoms with Gasteiger partial charge in [-0.15, -0.1) is 0 Å². The van der Waals surface area contributed by atoms with Crippen molar-refractivity contribution in [3.05, 3.63) is 5.56 Å². The van der Waals surface area contributed by atoms with Gasteiger partial charge in [0.1, 0.15) is 10.6 Å². The summed E-state index contributed by atoms with van der Waals surface area (Å²) in [5, 5.41) is 0.745. The largest absolute Gasteiger partial charge is 0.465 e. The van der Waals surface area contributed by atoms with Crippen molar-refractivity contribution < 1.29 is 14.3 Å². The third-order valence-electron chi connectivity index (χ3n) is 2.53. The summed E-state index contributed by atoms with van der Waals surface area (Å²) in [6, 6.07) is 0. The van der Waals surface area contributed by atoms with Crippen molar-refractivity contribution >= 4 is 28.3 Å². The van der Waals surface area contributed by atoms with Gasteiger partial charge in [0, 0.05) is 20.2 Å². The van der Waals surface area contributed by atoms with Gasteiger partial charge in [0.2, 0.25) is 0 Å². The molecule has 0 atom stereocenters. The number of hydrogen-bond donors (Lipinski definition) is 1. The average molecular weight is 287 g/mol. The van der Waals surface area contributed by atoms with Crippen molar-refractivity contribution in [2.75, 3.05) is 44.5 Å². The zero-order valence-electron chi connectivity index (χ0n) is 11.8. The van der Waals surface area contributed by atoms with E-state index in [4.69, 9.17) is 15.2 Å². The lowest BCUT2D eigenvalue weighted by molar-refractivity contribution is 0.0603. The number of hydrogen-bond acceptors (Lipinski definition) is 7. The summed E-state index contributed by atoms with van der Waals surface area (Å²) in [5.74, 6) is 0.219. The molecule has 1 aromatic rings. The summed E-state index contributed by atoms with van der Waals surface area (Å²) >= 11 is 1.21. The number of nitrogens with zero attached hydrogens (tertiary/aromatic N) is 2. The van der Waals surface area contributed by atoms with E-state index in [-0.39, 0.29) is 5.82 Å². The summed E-state index contributed by atoms with van der Waals surface area (Å²) < 4.78 is 13.9. The lowest BCUT2D eigenvalue weighted by Gasteiger charge is -2.25. The first-order chi connectivity index (χ1) is 9.01. The van der Waals surface area contributed by atoms with Crippen LogP contribution in [0.2, 0.25) is 0 Å². The summed E-state index contributed by atoms with van der Waals surface area (Å²) in [6.07, 6.45) is 0. The molecule has 0 spiro atoms. The van der Waals surface area contributed by atoms with Gasteiger partial charge in [0.25, 0.3) is 0 Å². The van der Waals surface area contributed by atoms with Gasteiger partial charge in [0.15, 0.2) is 5.82 Å². The molecule has 1 rings (SSSR count). The molecule has 0 aliphatic carbocycles. The van der Waals surface area contributed by atoms with E-state index in [1.54, 1.807) is 7.11 Å². The number of anilines is 2. The Balaban J connectivity index is 3.03. The number of carbonyl (C=O) groups is 1. The molecule has 0 fully saturated rings. The molecule has 2 N–H and O–H groups in total. The molecule has 0 amide bonds. The zero-order valence-corrected chi connectivity index (χ0v) is 12.6. The van der Waals surface area contributed by atoms with Crippen molar-refractivity contribution in [2.24, 2.45) is 5.92 Å². The first-order valence-corrected chi connectivity index (χ1v) is 6.85. The second kappa shape index (κ2) is 7.30. The molecular weight excluding hydrogens is 266 g/mol. The predicted octanol–water partition coefficient (Wildman–Crippen LogP) is 1.62. The number of carbonyl (C=O) groups excluding carboxylic acids is 1. The fourth-order valence-corrected chi connectivity index (χ4v) is 2.56. The van der Waals surface area contributed by atoms with Crippen LogP contribution < -0.4 is 10.6 Å². The van der Waals surface area contributed by atoms with Gasteiger partial charge in [0.05, 0.1) is 13.7 Å². The molecule has 0 unspecified atom stereocenters. The molecule has 108 valence electrons.